The monoisotopic (exact) mass is 274 g/mol. The number of rotatable bonds is 5. The Morgan fingerprint density at radius 3 is 2.90 bits per heavy atom. The Balaban J connectivity index is 2.40. The van der Waals surface area contributed by atoms with E-state index in [1.807, 2.05) is 18.2 Å². The summed E-state index contributed by atoms with van der Waals surface area (Å²) < 4.78 is 6.70. The van der Waals surface area contributed by atoms with Crippen molar-refractivity contribution in [1.82, 2.24) is 4.57 Å². The number of benzene rings is 1. The average Bonchev–Trinajstić information content (AvgIpc) is 2.76. The average molecular weight is 274 g/mol. The summed E-state index contributed by atoms with van der Waals surface area (Å²) in [7, 11) is 0. The minimum Gasteiger partial charge on any atom is -0.506 e. The van der Waals surface area contributed by atoms with Gasteiger partial charge in [0.2, 0.25) is 0 Å². The second-order valence-electron chi connectivity index (χ2n) is 4.62. The van der Waals surface area contributed by atoms with Gasteiger partial charge in [-0.1, -0.05) is 18.2 Å². The number of para-hydroxylation sites is 1. The molecule has 0 radical (unpaired) electrons. The highest BCUT2D eigenvalue weighted by molar-refractivity contribution is 5.87. The molecule has 0 spiro atoms. The lowest BCUT2D eigenvalue weighted by Crippen LogP contribution is -2.50. The number of aromatic nitrogens is 1. The van der Waals surface area contributed by atoms with Gasteiger partial charge in [0.1, 0.15) is 5.75 Å². The van der Waals surface area contributed by atoms with Crippen LogP contribution in [0, 0.1) is 0 Å². The first-order valence-corrected chi connectivity index (χ1v) is 6.38. The van der Waals surface area contributed by atoms with Gasteiger partial charge < -0.3 is 20.1 Å². The van der Waals surface area contributed by atoms with Crippen LogP contribution in [0.1, 0.15) is 6.92 Å². The lowest BCUT2D eigenvalue weighted by Gasteiger charge is -2.24. The molecule has 5 nitrogen and oxygen atoms in total. The minimum atomic E-state index is -1.33. The van der Waals surface area contributed by atoms with E-state index in [0.29, 0.717) is 5.39 Å². The van der Waals surface area contributed by atoms with E-state index in [9.17, 15) is 9.90 Å². The summed E-state index contributed by atoms with van der Waals surface area (Å²) in [5, 5.41) is 10.6. The molecular formula is C15H18N2O3. The second kappa shape index (κ2) is 5.38. The molecule has 0 fully saturated rings. The quantitative estimate of drug-likeness (QED) is 0.643. The molecule has 0 bridgehead atoms. The number of hydrogen-bond donors (Lipinski definition) is 2. The SMILES string of the molecule is C=CC(N)(Cn1cc(O)c2ccccc21)C(=O)OCC. The fourth-order valence-corrected chi connectivity index (χ4v) is 2.12. The second-order valence-corrected chi connectivity index (χ2v) is 4.62. The van der Waals surface area contributed by atoms with Crippen molar-refractivity contribution in [2.45, 2.75) is 19.0 Å². The number of hydrogen-bond acceptors (Lipinski definition) is 4. The van der Waals surface area contributed by atoms with Gasteiger partial charge in [0, 0.05) is 11.6 Å². The Morgan fingerprint density at radius 2 is 2.25 bits per heavy atom. The van der Waals surface area contributed by atoms with Crippen molar-refractivity contribution in [2.75, 3.05) is 6.61 Å². The van der Waals surface area contributed by atoms with E-state index in [1.54, 1.807) is 23.8 Å². The summed E-state index contributed by atoms with van der Waals surface area (Å²) in [5.41, 5.74) is 5.53. The van der Waals surface area contributed by atoms with E-state index in [0.717, 1.165) is 5.52 Å². The smallest absolute Gasteiger partial charge is 0.332 e. The van der Waals surface area contributed by atoms with E-state index in [1.165, 1.54) is 6.08 Å². The Morgan fingerprint density at radius 1 is 1.55 bits per heavy atom. The molecule has 0 aliphatic carbocycles. The lowest BCUT2D eigenvalue weighted by atomic mass is 10.0. The zero-order valence-corrected chi connectivity index (χ0v) is 11.4. The van der Waals surface area contributed by atoms with Crippen molar-refractivity contribution in [1.29, 1.82) is 0 Å². The van der Waals surface area contributed by atoms with Crippen LogP contribution in [-0.4, -0.2) is 27.8 Å². The third-order valence-corrected chi connectivity index (χ3v) is 3.22. The van der Waals surface area contributed by atoms with E-state index < -0.39 is 11.5 Å². The lowest BCUT2D eigenvalue weighted by molar-refractivity contribution is -0.148. The molecule has 5 heteroatoms. The first kappa shape index (κ1) is 14.1. The fraction of sp³-hybridized carbons (Fsp3) is 0.267. The van der Waals surface area contributed by atoms with E-state index in [-0.39, 0.29) is 18.9 Å². The molecule has 0 saturated carbocycles. The molecule has 1 aromatic carbocycles. The van der Waals surface area contributed by atoms with E-state index >= 15 is 0 Å². The number of esters is 1. The van der Waals surface area contributed by atoms with Gasteiger partial charge in [-0.2, -0.15) is 0 Å². The molecular weight excluding hydrogens is 256 g/mol. The Labute approximate surface area is 117 Å². The maximum Gasteiger partial charge on any atom is 0.332 e. The number of carbonyl (C=O) groups excluding carboxylic acids is 1. The molecule has 1 aromatic heterocycles. The van der Waals surface area contributed by atoms with Crippen LogP contribution >= 0.6 is 0 Å². The molecule has 106 valence electrons. The Bertz CT molecular complexity index is 648. The first-order chi connectivity index (χ1) is 9.51. The van der Waals surface area contributed by atoms with Crippen molar-refractivity contribution in [3.8, 4) is 5.75 Å². The molecule has 3 N–H and O–H groups in total. The predicted molar refractivity (Wildman–Crippen MR) is 77.4 cm³/mol. The summed E-state index contributed by atoms with van der Waals surface area (Å²) in [4.78, 5) is 11.9. The third-order valence-electron chi connectivity index (χ3n) is 3.22. The first-order valence-electron chi connectivity index (χ1n) is 6.38. The number of carbonyl (C=O) groups is 1. The fourth-order valence-electron chi connectivity index (χ4n) is 2.12. The topological polar surface area (TPSA) is 77.5 Å². The van der Waals surface area contributed by atoms with E-state index in [4.69, 9.17) is 10.5 Å². The van der Waals surface area contributed by atoms with Crippen LogP contribution in [-0.2, 0) is 16.1 Å². The van der Waals surface area contributed by atoms with Crippen LogP contribution in [0.3, 0.4) is 0 Å². The minimum absolute atomic E-state index is 0.149. The van der Waals surface area contributed by atoms with Gasteiger partial charge in [-0.25, -0.2) is 4.79 Å². The van der Waals surface area contributed by atoms with Gasteiger partial charge in [-0.3, -0.25) is 0 Å². The van der Waals surface area contributed by atoms with Crippen LogP contribution < -0.4 is 5.73 Å². The Kier molecular flexibility index (Phi) is 3.81. The van der Waals surface area contributed by atoms with E-state index in [2.05, 4.69) is 6.58 Å². The van der Waals surface area contributed by atoms with Gasteiger partial charge in [0.15, 0.2) is 5.54 Å². The van der Waals surface area contributed by atoms with Crippen LogP contribution in [0.25, 0.3) is 10.9 Å². The Hall–Kier alpha value is -2.27. The highest BCUT2D eigenvalue weighted by atomic mass is 16.5. The normalized spacial score (nSPS) is 13.9. The molecule has 2 aromatic rings. The highest BCUT2D eigenvalue weighted by Gasteiger charge is 2.33. The zero-order chi connectivity index (χ0) is 14.8. The standard InChI is InChI=1S/C15H18N2O3/c1-3-15(16,14(19)20-4-2)10-17-9-13(18)11-7-5-6-8-12(11)17/h3,5-9,18H,1,4,10,16H2,2H3. The van der Waals surface area contributed by atoms with Gasteiger partial charge in [-0.15, -0.1) is 6.58 Å². The van der Waals surface area contributed by atoms with Gasteiger partial charge >= 0.3 is 5.97 Å². The molecule has 0 aliphatic rings. The van der Waals surface area contributed by atoms with Crippen LogP contribution in [0.15, 0.2) is 43.1 Å². The maximum absolute atomic E-state index is 11.9. The number of fused-ring (bicyclic) bond motifs is 1. The molecule has 2 rings (SSSR count). The number of nitrogens with two attached hydrogens (primary N) is 1. The summed E-state index contributed by atoms with van der Waals surface area (Å²) in [5.74, 6) is -0.386. The molecule has 1 atom stereocenters. The summed E-state index contributed by atoms with van der Waals surface area (Å²) >= 11 is 0. The zero-order valence-electron chi connectivity index (χ0n) is 11.4. The van der Waals surface area contributed by atoms with Crippen LogP contribution in [0.4, 0.5) is 0 Å². The largest absolute Gasteiger partial charge is 0.506 e. The molecule has 0 amide bonds. The predicted octanol–water partition coefficient (Wildman–Crippen LogP) is 1.79. The maximum atomic E-state index is 11.9. The van der Waals surface area contributed by atoms with Gasteiger partial charge in [-0.05, 0) is 19.1 Å². The number of aromatic hydroxyl groups is 1. The molecule has 1 heterocycles. The van der Waals surface area contributed by atoms with Crippen LogP contribution in [0.2, 0.25) is 0 Å². The van der Waals surface area contributed by atoms with Crippen molar-refractivity contribution in [2.24, 2.45) is 5.73 Å². The third kappa shape index (κ3) is 2.40. The summed E-state index contributed by atoms with van der Waals surface area (Å²) in [6.45, 7) is 5.74. The highest BCUT2D eigenvalue weighted by Crippen LogP contribution is 2.27. The van der Waals surface area contributed by atoms with Gasteiger partial charge in [0.05, 0.1) is 18.7 Å². The van der Waals surface area contributed by atoms with Crippen LogP contribution in [0.5, 0.6) is 5.75 Å². The molecule has 0 saturated heterocycles. The number of nitrogens with zero attached hydrogens (tertiary/aromatic N) is 1. The summed E-state index contributed by atoms with van der Waals surface area (Å²) in [6.07, 6.45) is 2.92. The van der Waals surface area contributed by atoms with Crippen molar-refractivity contribution >= 4 is 16.9 Å². The summed E-state index contributed by atoms with van der Waals surface area (Å²) in [6, 6.07) is 7.34. The van der Waals surface area contributed by atoms with Gasteiger partial charge in [0.25, 0.3) is 0 Å². The molecule has 20 heavy (non-hydrogen) atoms. The molecule has 0 aliphatic heterocycles. The van der Waals surface area contributed by atoms with Crippen molar-refractivity contribution < 1.29 is 14.6 Å². The number of ether oxygens (including phenoxy) is 1. The van der Waals surface area contributed by atoms with Crippen molar-refractivity contribution in [3.05, 3.63) is 43.1 Å². The molecule has 1 unspecified atom stereocenters. The van der Waals surface area contributed by atoms with Crippen molar-refractivity contribution in [3.63, 3.8) is 0 Å².